The molecule has 1 aromatic carbocycles. The number of nitrogens with zero attached hydrogens (tertiary/aromatic N) is 1. The maximum absolute atomic E-state index is 6.25. The topological polar surface area (TPSA) is 38.5 Å². The van der Waals surface area contributed by atoms with Gasteiger partial charge in [0, 0.05) is 13.1 Å². The fraction of sp³-hybridized carbons (Fsp3) is 0.538. The molecule has 1 aromatic rings. The Bertz CT molecular complexity index is 414. The smallest absolute Gasteiger partial charge is 0.0894 e. The number of likely N-dealkylation sites (N-methyl/N-ethyl adjacent to an activating group) is 1. The Balaban J connectivity index is 2.10. The molecule has 1 aliphatic rings. The second-order valence-corrected chi connectivity index (χ2v) is 5.32. The third kappa shape index (κ3) is 3.16. The maximum atomic E-state index is 6.25. The number of nitrogens with two attached hydrogens (primary N) is 1. The van der Waals surface area contributed by atoms with E-state index in [1.54, 1.807) is 6.07 Å². The van der Waals surface area contributed by atoms with Crippen molar-refractivity contribution in [2.75, 3.05) is 26.2 Å². The van der Waals surface area contributed by atoms with Crippen molar-refractivity contribution in [3.8, 4) is 0 Å². The van der Waals surface area contributed by atoms with Crippen LogP contribution >= 0.6 is 23.2 Å². The summed E-state index contributed by atoms with van der Waals surface area (Å²) < 4.78 is 5.75. The summed E-state index contributed by atoms with van der Waals surface area (Å²) in [6.45, 7) is 5.73. The summed E-state index contributed by atoms with van der Waals surface area (Å²) in [4.78, 5) is 2.34. The maximum Gasteiger partial charge on any atom is 0.0894 e. The molecule has 0 radical (unpaired) electrons. The molecule has 1 heterocycles. The van der Waals surface area contributed by atoms with Crippen molar-refractivity contribution >= 4 is 23.2 Å². The van der Waals surface area contributed by atoms with E-state index in [-0.39, 0.29) is 12.1 Å². The molecule has 1 fully saturated rings. The van der Waals surface area contributed by atoms with Crippen molar-refractivity contribution in [2.45, 2.75) is 19.1 Å². The molecule has 1 saturated heterocycles. The van der Waals surface area contributed by atoms with E-state index in [1.807, 2.05) is 12.1 Å². The van der Waals surface area contributed by atoms with Gasteiger partial charge in [-0.05, 0) is 24.2 Å². The third-order valence-corrected chi connectivity index (χ3v) is 4.09. The Morgan fingerprint density at radius 3 is 2.89 bits per heavy atom. The Morgan fingerprint density at radius 1 is 1.44 bits per heavy atom. The van der Waals surface area contributed by atoms with E-state index in [9.17, 15) is 0 Å². The molecule has 2 unspecified atom stereocenters. The second-order valence-electron chi connectivity index (χ2n) is 4.50. The number of halogens is 2. The van der Waals surface area contributed by atoms with E-state index >= 15 is 0 Å². The molecule has 0 saturated carbocycles. The fourth-order valence-electron chi connectivity index (χ4n) is 2.17. The Labute approximate surface area is 118 Å². The Kier molecular flexibility index (Phi) is 4.87. The quantitative estimate of drug-likeness (QED) is 0.930. The van der Waals surface area contributed by atoms with Crippen molar-refractivity contribution in [3.63, 3.8) is 0 Å². The summed E-state index contributed by atoms with van der Waals surface area (Å²) in [5, 5.41) is 1.08. The summed E-state index contributed by atoms with van der Waals surface area (Å²) in [7, 11) is 0. The van der Waals surface area contributed by atoms with Crippen LogP contribution in [0.25, 0.3) is 0 Å². The first-order valence-corrected chi connectivity index (χ1v) is 6.92. The predicted molar refractivity (Wildman–Crippen MR) is 75.2 cm³/mol. The van der Waals surface area contributed by atoms with Gasteiger partial charge in [0.2, 0.25) is 0 Å². The van der Waals surface area contributed by atoms with Crippen molar-refractivity contribution in [1.29, 1.82) is 0 Å². The van der Waals surface area contributed by atoms with Crippen LogP contribution in [0.1, 0.15) is 18.5 Å². The van der Waals surface area contributed by atoms with Crippen LogP contribution in [0.15, 0.2) is 18.2 Å². The lowest BCUT2D eigenvalue weighted by atomic mass is 10.0. The highest BCUT2D eigenvalue weighted by molar-refractivity contribution is 6.42. The van der Waals surface area contributed by atoms with Gasteiger partial charge >= 0.3 is 0 Å². The predicted octanol–water partition coefficient (Wildman–Crippen LogP) is 2.71. The average molecular weight is 289 g/mol. The first-order valence-electron chi connectivity index (χ1n) is 6.16. The van der Waals surface area contributed by atoms with Gasteiger partial charge in [0.1, 0.15) is 0 Å². The summed E-state index contributed by atoms with van der Waals surface area (Å²) >= 11 is 11.9. The van der Waals surface area contributed by atoms with Gasteiger partial charge in [-0.3, -0.25) is 4.90 Å². The van der Waals surface area contributed by atoms with Crippen molar-refractivity contribution in [3.05, 3.63) is 33.8 Å². The lowest BCUT2D eigenvalue weighted by Gasteiger charge is -2.35. The zero-order valence-electron chi connectivity index (χ0n) is 10.4. The van der Waals surface area contributed by atoms with E-state index in [4.69, 9.17) is 33.7 Å². The van der Waals surface area contributed by atoms with E-state index < -0.39 is 0 Å². The van der Waals surface area contributed by atoms with Crippen LogP contribution in [-0.2, 0) is 4.74 Å². The molecule has 0 aromatic heterocycles. The van der Waals surface area contributed by atoms with Gasteiger partial charge in [-0.25, -0.2) is 0 Å². The van der Waals surface area contributed by atoms with Crippen LogP contribution in [-0.4, -0.2) is 37.2 Å². The van der Waals surface area contributed by atoms with E-state index in [2.05, 4.69) is 11.8 Å². The number of hydrogen-bond donors (Lipinski definition) is 1. The zero-order valence-corrected chi connectivity index (χ0v) is 11.9. The molecular formula is C13H18Cl2N2O. The second kappa shape index (κ2) is 6.22. The van der Waals surface area contributed by atoms with Gasteiger partial charge in [-0.15, -0.1) is 0 Å². The highest BCUT2D eigenvalue weighted by atomic mass is 35.5. The minimum atomic E-state index is -0.172. The van der Waals surface area contributed by atoms with Crippen LogP contribution in [0.3, 0.4) is 0 Å². The SMILES string of the molecule is CCN1CCOC(C(N)c2ccc(Cl)c(Cl)c2)C1. The Morgan fingerprint density at radius 2 is 2.22 bits per heavy atom. The first kappa shape index (κ1) is 14.1. The van der Waals surface area contributed by atoms with Gasteiger partial charge in [-0.2, -0.15) is 0 Å². The lowest BCUT2D eigenvalue weighted by Crippen LogP contribution is -2.46. The minimum Gasteiger partial charge on any atom is -0.374 e. The monoisotopic (exact) mass is 288 g/mol. The molecule has 2 atom stereocenters. The van der Waals surface area contributed by atoms with E-state index in [0.29, 0.717) is 10.0 Å². The number of hydrogen-bond acceptors (Lipinski definition) is 3. The zero-order chi connectivity index (χ0) is 13.1. The largest absolute Gasteiger partial charge is 0.374 e. The van der Waals surface area contributed by atoms with Gasteiger partial charge in [0.05, 0.1) is 28.8 Å². The molecule has 100 valence electrons. The minimum absolute atomic E-state index is 0.0101. The lowest BCUT2D eigenvalue weighted by molar-refractivity contribution is -0.0392. The van der Waals surface area contributed by atoms with Gasteiger partial charge in [0.25, 0.3) is 0 Å². The molecule has 2 rings (SSSR count). The molecule has 3 nitrogen and oxygen atoms in total. The van der Waals surface area contributed by atoms with Crippen LogP contribution < -0.4 is 5.73 Å². The molecule has 18 heavy (non-hydrogen) atoms. The van der Waals surface area contributed by atoms with Gasteiger partial charge in [0.15, 0.2) is 0 Å². The number of rotatable bonds is 3. The number of morpholine rings is 1. The van der Waals surface area contributed by atoms with Crippen molar-refractivity contribution < 1.29 is 4.74 Å². The summed E-state index contributed by atoms with van der Waals surface area (Å²) in [5.41, 5.74) is 7.22. The molecule has 2 N–H and O–H groups in total. The van der Waals surface area contributed by atoms with E-state index in [1.165, 1.54) is 0 Å². The van der Waals surface area contributed by atoms with Crippen LogP contribution in [0.5, 0.6) is 0 Å². The Hall–Kier alpha value is -0.320. The highest BCUT2D eigenvalue weighted by Gasteiger charge is 2.26. The normalized spacial score (nSPS) is 23.0. The molecular weight excluding hydrogens is 271 g/mol. The van der Waals surface area contributed by atoms with Crippen LogP contribution in [0.2, 0.25) is 10.0 Å². The van der Waals surface area contributed by atoms with Crippen LogP contribution in [0, 0.1) is 0 Å². The third-order valence-electron chi connectivity index (χ3n) is 3.35. The van der Waals surface area contributed by atoms with Crippen molar-refractivity contribution in [1.82, 2.24) is 4.90 Å². The summed E-state index contributed by atoms with van der Waals surface area (Å²) in [6, 6.07) is 5.34. The number of benzene rings is 1. The molecule has 0 aliphatic carbocycles. The summed E-state index contributed by atoms with van der Waals surface area (Å²) in [6.07, 6.45) is 0.0101. The van der Waals surface area contributed by atoms with Gasteiger partial charge < -0.3 is 10.5 Å². The van der Waals surface area contributed by atoms with Gasteiger partial charge in [-0.1, -0.05) is 36.2 Å². The average Bonchev–Trinajstić information content (AvgIpc) is 2.41. The molecule has 0 bridgehead atoms. The van der Waals surface area contributed by atoms with Crippen molar-refractivity contribution in [2.24, 2.45) is 5.73 Å². The molecule has 1 aliphatic heterocycles. The standard InChI is InChI=1S/C13H18Cl2N2O/c1-2-17-5-6-18-12(8-17)13(16)9-3-4-10(14)11(15)7-9/h3-4,7,12-13H,2,5-6,8,16H2,1H3. The van der Waals surface area contributed by atoms with E-state index in [0.717, 1.165) is 31.8 Å². The molecule has 0 spiro atoms. The molecule has 0 amide bonds. The number of ether oxygens (including phenoxy) is 1. The highest BCUT2D eigenvalue weighted by Crippen LogP contribution is 2.27. The summed E-state index contributed by atoms with van der Waals surface area (Å²) in [5.74, 6) is 0. The first-order chi connectivity index (χ1) is 8.61. The fourth-order valence-corrected chi connectivity index (χ4v) is 2.48. The molecule has 5 heteroatoms. The van der Waals surface area contributed by atoms with Crippen LogP contribution in [0.4, 0.5) is 0 Å².